The van der Waals surface area contributed by atoms with Crippen LogP contribution in [0.25, 0.3) is 11.0 Å². The van der Waals surface area contributed by atoms with Gasteiger partial charge in [0.25, 0.3) is 0 Å². The molecule has 62 valence electrons. The molecule has 4 heteroatoms. The van der Waals surface area contributed by atoms with E-state index in [2.05, 4.69) is 9.97 Å². The Labute approximate surface area is 74.6 Å². The Hall–Kier alpha value is -1.13. The van der Waals surface area contributed by atoms with Gasteiger partial charge in [-0.1, -0.05) is 6.07 Å². The van der Waals surface area contributed by atoms with E-state index in [-0.39, 0.29) is 0 Å². The van der Waals surface area contributed by atoms with E-state index in [4.69, 9.17) is 18.0 Å². The Kier molecular flexibility index (Phi) is 1.71. The normalized spacial score (nSPS) is 10.8. The molecule has 0 aliphatic carbocycles. The Bertz CT molecular complexity index is 455. The molecule has 1 aromatic heterocycles. The van der Waals surface area contributed by atoms with Crippen molar-refractivity contribution in [1.82, 2.24) is 9.97 Å². The molecule has 3 nitrogen and oxygen atoms in total. The van der Waals surface area contributed by atoms with E-state index in [0.29, 0.717) is 11.3 Å². The molecule has 0 aliphatic heterocycles. The van der Waals surface area contributed by atoms with Crippen LogP contribution in [0.1, 0.15) is 5.56 Å². The largest absolute Gasteiger partial charge is 0.331 e. The minimum Gasteiger partial charge on any atom is -0.331 e. The Morgan fingerprint density at radius 2 is 2.00 bits per heavy atom. The van der Waals surface area contributed by atoms with Crippen molar-refractivity contribution < 1.29 is 0 Å². The van der Waals surface area contributed by atoms with Gasteiger partial charge in [0.1, 0.15) is 0 Å². The van der Waals surface area contributed by atoms with E-state index in [0.717, 1.165) is 16.6 Å². The molecular formula is C8H9N3S. The van der Waals surface area contributed by atoms with Gasteiger partial charge in [0.05, 0.1) is 11.0 Å². The number of hydrogen-bond acceptors (Lipinski definition) is 2. The second-order valence-corrected chi connectivity index (χ2v) is 3.07. The van der Waals surface area contributed by atoms with E-state index in [1.54, 1.807) is 0 Å². The highest BCUT2D eigenvalue weighted by Crippen LogP contribution is 2.11. The monoisotopic (exact) mass is 179 g/mol. The molecule has 1 aromatic carbocycles. The average molecular weight is 179 g/mol. The van der Waals surface area contributed by atoms with E-state index in [1.807, 2.05) is 18.2 Å². The lowest BCUT2D eigenvalue weighted by molar-refractivity contribution is 1.07. The van der Waals surface area contributed by atoms with Gasteiger partial charge in [0, 0.05) is 6.54 Å². The van der Waals surface area contributed by atoms with E-state index < -0.39 is 0 Å². The number of rotatable bonds is 1. The van der Waals surface area contributed by atoms with Gasteiger partial charge in [-0.15, -0.1) is 0 Å². The zero-order chi connectivity index (χ0) is 8.55. The molecule has 1 heterocycles. The van der Waals surface area contributed by atoms with Gasteiger partial charge in [-0.05, 0) is 29.9 Å². The number of nitrogens with two attached hydrogens (primary N) is 1. The molecule has 0 unspecified atom stereocenters. The zero-order valence-corrected chi connectivity index (χ0v) is 7.24. The lowest BCUT2D eigenvalue weighted by Gasteiger charge is -1.94. The number of hydrogen-bond donors (Lipinski definition) is 3. The van der Waals surface area contributed by atoms with E-state index in [9.17, 15) is 0 Å². The molecule has 0 atom stereocenters. The third-order valence-corrected chi connectivity index (χ3v) is 2.02. The molecule has 0 saturated carbocycles. The predicted molar refractivity (Wildman–Crippen MR) is 51.4 cm³/mol. The van der Waals surface area contributed by atoms with Crippen molar-refractivity contribution in [2.24, 2.45) is 5.73 Å². The summed E-state index contributed by atoms with van der Waals surface area (Å²) < 4.78 is 0.652. The van der Waals surface area contributed by atoms with Crippen LogP contribution >= 0.6 is 12.2 Å². The van der Waals surface area contributed by atoms with Gasteiger partial charge in [-0.3, -0.25) is 0 Å². The fourth-order valence-electron chi connectivity index (χ4n) is 1.21. The van der Waals surface area contributed by atoms with Crippen molar-refractivity contribution in [3.63, 3.8) is 0 Å². The number of imidazole rings is 1. The summed E-state index contributed by atoms with van der Waals surface area (Å²) in [5.74, 6) is 0. The van der Waals surface area contributed by atoms with Crippen LogP contribution < -0.4 is 5.73 Å². The second-order valence-electron chi connectivity index (χ2n) is 2.66. The van der Waals surface area contributed by atoms with Crippen LogP contribution in [0.15, 0.2) is 18.2 Å². The van der Waals surface area contributed by atoms with E-state index in [1.165, 1.54) is 0 Å². The summed E-state index contributed by atoms with van der Waals surface area (Å²) in [6.45, 7) is 0.557. The first-order valence-corrected chi connectivity index (χ1v) is 4.11. The molecular weight excluding hydrogens is 170 g/mol. The van der Waals surface area contributed by atoms with Crippen LogP contribution in [-0.2, 0) is 6.54 Å². The van der Waals surface area contributed by atoms with Gasteiger partial charge in [-0.25, -0.2) is 0 Å². The minimum atomic E-state index is 0.557. The highest BCUT2D eigenvalue weighted by molar-refractivity contribution is 7.71. The zero-order valence-electron chi connectivity index (χ0n) is 6.42. The summed E-state index contributed by atoms with van der Waals surface area (Å²) in [5.41, 5.74) is 8.64. The SMILES string of the molecule is NCc1ccc2[nH]c(=S)[nH]c2c1. The molecule has 0 saturated heterocycles. The number of benzene rings is 1. The average Bonchev–Trinajstić information content (AvgIpc) is 2.43. The molecule has 2 aromatic rings. The van der Waals surface area contributed by atoms with Gasteiger partial charge < -0.3 is 15.7 Å². The smallest absolute Gasteiger partial charge is 0.175 e. The molecule has 0 amide bonds. The van der Waals surface area contributed by atoms with Crippen molar-refractivity contribution >= 4 is 23.3 Å². The first-order chi connectivity index (χ1) is 5.79. The molecule has 4 N–H and O–H groups in total. The van der Waals surface area contributed by atoms with Crippen molar-refractivity contribution in [3.8, 4) is 0 Å². The Balaban J connectivity index is 2.74. The highest BCUT2D eigenvalue weighted by atomic mass is 32.1. The summed E-state index contributed by atoms with van der Waals surface area (Å²) >= 11 is 4.95. The third-order valence-electron chi connectivity index (χ3n) is 1.82. The maximum atomic E-state index is 5.50. The number of nitrogens with one attached hydrogen (secondary N) is 2. The van der Waals surface area contributed by atoms with Crippen LogP contribution in [0.3, 0.4) is 0 Å². The summed E-state index contributed by atoms with van der Waals surface area (Å²) in [4.78, 5) is 6.07. The van der Waals surface area contributed by atoms with Gasteiger partial charge in [-0.2, -0.15) is 0 Å². The van der Waals surface area contributed by atoms with Crippen LogP contribution in [0.2, 0.25) is 0 Å². The first kappa shape index (κ1) is 7.52. The number of aromatic nitrogens is 2. The number of H-pyrrole nitrogens is 2. The summed E-state index contributed by atoms with van der Waals surface area (Å²) in [5, 5.41) is 0. The second kappa shape index (κ2) is 2.73. The fraction of sp³-hybridized carbons (Fsp3) is 0.125. The highest BCUT2D eigenvalue weighted by Gasteiger charge is 1.95. The van der Waals surface area contributed by atoms with Crippen molar-refractivity contribution in [2.75, 3.05) is 0 Å². The Morgan fingerprint density at radius 1 is 1.25 bits per heavy atom. The minimum absolute atomic E-state index is 0.557. The summed E-state index contributed by atoms with van der Waals surface area (Å²) in [7, 11) is 0. The fourth-order valence-corrected chi connectivity index (χ4v) is 1.43. The van der Waals surface area contributed by atoms with Crippen molar-refractivity contribution in [1.29, 1.82) is 0 Å². The maximum absolute atomic E-state index is 5.50. The van der Waals surface area contributed by atoms with Crippen LogP contribution in [-0.4, -0.2) is 9.97 Å². The predicted octanol–water partition coefficient (Wildman–Crippen LogP) is 1.68. The van der Waals surface area contributed by atoms with E-state index >= 15 is 0 Å². The molecule has 0 spiro atoms. The van der Waals surface area contributed by atoms with Gasteiger partial charge in [0.2, 0.25) is 0 Å². The molecule has 12 heavy (non-hydrogen) atoms. The summed E-state index contributed by atoms with van der Waals surface area (Å²) in [6.07, 6.45) is 0. The summed E-state index contributed by atoms with van der Waals surface area (Å²) in [6, 6.07) is 5.97. The van der Waals surface area contributed by atoms with Crippen LogP contribution in [0, 0.1) is 4.77 Å². The third kappa shape index (κ3) is 1.15. The molecule has 2 rings (SSSR count). The maximum Gasteiger partial charge on any atom is 0.175 e. The lowest BCUT2D eigenvalue weighted by Crippen LogP contribution is -1.95. The van der Waals surface area contributed by atoms with Crippen molar-refractivity contribution in [2.45, 2.75) is 6.54 Å². The lowest BCUT2D eigenvalue weighted by atomic mass is 10.2. The Morgan fingerprint density at radius 3 is 2.75 bits per heavy atom. The van der Waals surface area contributed by atoms with Crippen molar-refractivity contribution in [3.05, 3.63) is 28.5 Å². The van der Waals surface area contributed by atoms with Crippen LogP contribution in [0.5, 0.6) is 0 Å². The number of aromatic amines is 2. The topological polar surface area (TPSA) is 57.6 Å². The first-order valence-electron chi connectivity index (χ1n) is 3.70. The molecule has 0 fully saturated rings. The van der Waals surface area contributed by atoms with Crippen LogP contribution in [0.4, 0.5) is 0 Å². The quantitative estimate of drug-likeness (QED) is 0.583. The molecule has 0 aliphatic rings. The van der Waals surface area contributed by atoms with Gasteiger partial charge in [0.15, 0.2) is 4.77 Å². The standard InChI is InChI=1S/C8H9N3S/c9-4-5-1-2-6-7(3-5)11-8(12)10-6/h1-3H,4,9H2,(H2,10,11,12). The molecule has 0 bridgehead atoms. The molecule has 0 radical (unpaired) electrons. The number of fused-ring (bicyclic) bond motifs is 1. The van der Waals surface area contributed by atoms with Gasteiger partial charge >= 0.3 is 0 Å².